The maximum Gasteiger partial charge on any atom is 0.251 e. The molecular weight excluding hydrogens is 363 g/mol. The number of carbonyl (C=O) groups is 1. The van der Waals surface area contributed by atoms with Crippen molar-refractivity contribution < 1.29 is 4.79 Å². The SMILES string of the molecule is CC1(CNC(=O)c2ccc(Cl)c(Br)c2)CCCNC1.Cl. The lowest BCUT2D eigenvalue weighted by molar-refractivity contribution is 0.0924. The molecule has 1 aromatic carbocycles. The Bertz CT molecular complexity index is 476. The number of halogens is 3. The van der Waals surface area contributed by atoms with Gasteiger partial charge in [0.25, 0.3) is 5.91 Å². The second kappa shape index (κ2) is 7.64. The molecule has 1 saturated heterocycles. The van der Waals surface area contributed by atoms with Gasteiger partial charge in [0.15, 0.2) is 0 Å². The Morgan fingerprint density at radius 3 is 2.90 bits per heavy atom. The summed E-state index contributed by atoms with van der Waals surface area (Å²) in [5.41, 5.74) is 0.779. The minimum atomic E-state index is -0.0517. The van der Waals surface area contributed by atoms with Gasteiger partial charge < -0.3 is 10.6 Å². The van der Waals surface area contributed by atoms with E-state index in [0.29, 0.717) is 17.1 Å². The number of benzene rings is 1. The minimum Gasteiger partial charge on any atom is -0.351 e. The molecule has 1 fully saturated rings. The molecule has 1 aliphatic rings. The first-order chi connectivity index (χ1) is 9.00. The molecule has 1 heterocycles. The molecule has 1 atom stereocenters. The smallest absolute Gasteiger partial charge is 0.251 e. The van der Waals surface area contributed by atoms with Crippen molar-refractivity contribution in [3.05, 3.63) is 33.3 Å². The second-order valence-electron chi connectivity index (χ2n) is 5.40. The average molecular weight is 382 g/mol. The summed E-state index contributed by atoms with van der Waals surface area (Å²) in [5, 5.41) is 7.00. The van der Waals surface area contributed by atoms with Crippen LogP contribution in [-0.2, 0) is 0 Å². The van der Waals surface area contributed by atoms with E-state index in [4.69, 9.17) is 11.6 Å². The van der Waals surface area contributed by atoms with Crippen molar-refractivity contribution in [3.8, 4) is 0 Å². The molecule has 3 nitrogen and oxygen atoms in total. The van der Waals surface area contributed by atoms with Gasteiger partial charge in [-0.2, -0.15) is 0 Å². The fraction of sp³-hybridized carbons (Fsp3) is 0.500. The highest BCUT2D eigenvalue weighted by molar-refractivity contribution is 9.10. The summed E-state index contributed by atoms with van der Waals surface area (Å²) in [6.45, 7) is 4.93. The van der Waals surface area contributed by atoms with E-state index in [1.54, 1.807) is 18.2 Å². The van der Waals surface area contributed by atoms with Crippen LogP contribution in [-0.4, -0.2) is 25.5 Å². The highest BCUT2D eigenvalue weighted by Crippen LogP contribution is 2.25. The van der Waals surface area contributed by atoms with Gasteiger partial charge in [-0.25, -0.2) is 0 Å². The lowest BCUT2D eigenvalue weighted by Crippen LogP contribution is -2.45. The van der Waals surface area contributed by atoms with Crippen LogP contribution < -0.4 is 10.6 Å². The van der Waals surface area contributed by atoms with Crippen LogP contribution in [0.5, 0.6) is 0 Å². The van der Waals surface area contributed by atoms with E-state index in [9.17, 15) is 4.79 Å². The highest BCUT2D eigenvalue weighted by atomic mass is 79.9. The van der Waals surface area contributed by atoms with Gasteiger partial charge in [0.1, 0.15) is 0 Å². The van der Waals surface area contributed by atoms with Crippen molar-refractivity contribution >= 4 is 45.8 Å². The Morgan fingerprint density at radius 1 is 1.55 bits per heavy atom. The predicted molar refractivity (Wildman–Crippen MR) is 88.9 cm³/mol. The number of hydrogen-bond donors (Lipinski definition) is 2. The largest absolute Gasteiger partial charge is 0.351 e. The van der Waals surface area contributed by atoms with Crippen molar-refractivity contribution in [3.63, 3.8) is 0 Å². The van der Waals surface area contributed by atoms with Gasteiger partial charge in [-0.05, 0) is 58.9 Å². The monoisotopic (exact) mass is 380 g/mol. The van der Waals surface area contributed by atoms with Crippen LogP contribution in [0.1, 0.15) is 30.1 Å². The Hall–Kier alpha value is -0.290. The Balaban J connectivity index is 0.00000200. The normalized spacial score (nSPS) is 21.9. The van der Waals surface area contributed by atoms with Crippen molar-refractivity contribution in [1.29, 1.82) is 0 Å². The van der Waals surface area contributed by atoms with Crippen molar-refractivity contribution in [2.45, 2.75) is 19.8 Å². The molecule has 0 bridgehead atoms. The van der Waals surface area contributed by atoms with E-state index < -0.39 is 0 Å². The van der Waals surface area contributed by atoms with E-state index in [2.05, 4.69) is 33.5 Å². The zero-order chi connectivity index (χ0) is 13.9. The molecule has 0 aromatic heterocycles. The van der Waals surface area contributed by atoms with Crippen molar-refractivity contribution in [2.75, 3.05) is 19.6 Å². The van der Waals surface area contributed by atoms with Gasteiger partial charge in [0.05, 0.1) is 5.02 Å². The molecule has 2 N–H and O–H groups in total. The summed E-state index contributed by atoms with van der Waals surface area (Å²) in [5.74, 6) is -0.0517. The first kappa shape index (κ1) is 17.8. The zero-order valence-electron chi connectivity index (χ0n) is 11.3. The number of piperidine rings is 1. The first-order valence-corrected chi connectivity index (χ1v) is 7.61. The standard InChI is InChI=1S/C14H18BrClN2O.ClH/c1-14(5-2-6-17-8-14)9-18-13(19)10-3-4-12(16)11(15)7-10;/h3-4,7,17H,2,5-6,8-9H2,1H3,(H,18,19);1H. The molecule has 0 radical (unpaired) electrons. The van der Waals surface area contributed by atoms with Crippen LogP contribution in [0.15, 0.2) is 22.7 Å². The van der Waals surface area contributed by atoms with Crippen molar-refractivity contribution in [2.24, 2.45) is 5.41 Å². The van der Waals surface area contributed by atoms with Crippen LogP contribution >= 0.6 is 39.9 Å². The van der Waals surface area contributed by atoms with Crippen LogP contribution in [0.2, 0.25) is 5.02 Å². The Labute approximate surface area is 139 Å². The first-order valence-electron chi connectivity index (χ1n) is 6.44. The maximum absolute atomic E-state index is 12.1. The van der Waals surface area contributed by atoms with E-state index in [-0.39, 0.29) is 23.7 Å². The Morgan fingerprint density at radius 2 is 2.30 bits per heavy atom. The van der Waals surface area contributed by atoms with Gasteiger partial charge in [0, 0.05) is 23.1 Å². The number of amides is 1. The molecule has 0 aliphatic carbocycles. The molecule has 1 aliphatic heterocycles. The molecule has 1 aromatic rings. The average Bonchev–Trinajstić information content (AvgIpc) is 2.40. The van der Waals surface area contributed by atoms with E-state index in [0.717, 1.165) is 24.0 Å². The van der Waals surface area contributed by atoms with Crippen molar-refractivity contribution in [1.82, 2.24) is 10.6 Å². The minimum absolute atomic E-state index is 0. The number of nitrogens with one attached hydrogen (secondary N) is 2. The lowest BCUT2D eigenvalue weighted by atomic mass is 9.83. The third-order valence-corrected chi connectivity index (χ3v) is 4.76. The molecule has 0 spiro atoms. The molecule has 2 rings (SSSR count). The highest BCUT2D eigenvalue weighted by Gasteiger charge is 2.27. The van der Waals surface area contributed by atoms with Gasteiger partial charge >= 0.3 is 0 Å². The van der Waals surface area contributed by atoms with E-state index in [1.807, 2.05) is 0 Å². The predicted octanol–water partition coefficient (Wildman–Crippen LogP) is 3.64. The fourth-order valence-electron chi connectivity index (χ4n) is 2.30. The van der Waals surface area contributed by atoms with Crippen LogP contribution in [0, 0.1) is 5.41 Å². The van der Waals surface area contributed by atoms with Gasteiger partial charge in [0.2, 0.25) is 0 Å². The summed E-state index contributed by atoms with van der Waals surface area (Å²) in [6.07, 6.45) is 2.31. The van der Waals surface area contributed by atoms with Crippen LogP contribution in [0.3, 0.4) is 0 Å². The molecule has 0 saturated carbocycles. The van der Waals surface area contributed by atoms with E-state index in [1.165, 1.54) is 6.42 Å². The quantitative estimate of drug-likeness (QED) is 0.838. The summed E-state index contributed by atoms with van der Waals surface area (Å²) >= 11 is 9.25. The zero-order valence-corrected chi connectivity index (χ0v) is 14.5. The second-order valence-corrected chi connectivity index (χ2v) is 6.66. The molecule has 6 heteroatoms. The third-order valence-electron chi connectivity index (χ3n) is 3.54. The topological polar surface area (TPSA) is 41.1 Å². The van der Waals surface area contributed by atoms with Gasteiger partial charge in [-0.15, -0.1) is 12.4 Å². The molecule has 20 heavy (non-hydrogen) atoms. The summed E-state index contributed by atoms with van der Waals surface area (Å²) in [6, 6.07) is 5.22. The fourth-order valence-corrected chi connectivity index (χ4v) is 2.80. The summed E-state index contributed by atoms with van der Waals surface area (Å²) in [7, 11) is 0. The molecular formula is C14H19BrCl2N2O. The number of rotatable bonds is 3. The van der Waals surface area contributed by atoms with Gasteiger partial charge in [-0.3, -0.25) is 4.79 Å². The molecule has 1 unspecified atom stereocenters. The van der Waals surface area contributed by atoms with Crippen LogP contribution in [0.4, 0.5) is 0 Å². The van der Waals surface area contributed by atoms with E-state index >= 15 is 0 Å². The number of carbonyl (C=O) groups excluding carboxylic acids is 1. The lowest BCUT2D eigenvalue weighted by Gasteiger charge is -2.34. The molecule has 112 valence electrons. The number of hydrogen-bond acceptors (Lipinski definition) is 2. The van der Waals surface area contributed by atoms with Gasteiger partial charge in [-0.1, -0.05) is 18.5 Å². The maximum atomic E-state index is 12.1. The summed E-state index contributed by atoms with van der Waals surface area (Å²) < 4.78 is 0.743. The molecule has 1 amide bonds. The summed E-state index contributed by atoms with van der Waals surface area (Å²) in [4.78, 5) is 12.1. The van der Waals surface area contributed by atoms with Crippen LogP contribution in [0.25, 0.3) is 0 Å². The Kier molecular flexibility index (Phi) is 6.79. The third kappa shape index (κ3) is 4.62.